The molecule has 34 heavy (non-hydrogen) atoms. The van der Waals surface area contributed by atoms with Crippen molar-refractivity contribution in [3.63, 3.8) is 0 Å². The zero-order valence-corrected chi connectivity index (χ0v) is 19.6. The number of nitrogens with one attached hydrogen (secondary N) is 1. The van der Waals surface area contributed by atoms with Crippen LogP contribution in [0.1, 0.15) is 35.7 Å². The molecule has 3 heterocycles. The number of alkyl halides is 3. The van der Waals surface area contributed by atoms with Crippen molar-refractivity contribution >= 4 is 40.1 Å². The molecule has 0 saturated heterocycles. The summed E-state index contributed by atoms with van der Waals surface area (Å²) in [7, 11) is 0. The lowest BCUT2D eigenvalue weighted by atomic mass is 10.3. The Kier molecular flexibility index (Phi) is 6.50. The maximum Gasteiger partial charge on any atom is 0.433 e. The average molecular weight is 494 g/mol. The fourth-order valence-corrected chi connectivity index (χ4v) is 4.05. The van der Waals surface area contributed by atoms with Gasteiger partial charge in [-0.2, -0.15) is 18.3 Å². The number of likely N-dealkylation sites (N-methyl/N-ethyl adjacent to an activating group) is 1. The van der Waals surface area contributed by atoms with Gasteiger partial charge in [-0.05, 0) is 38.2 Å². The zero-order valence-electron chi connectivity index (χ0n) is 18.8. The second-order valence-corrected chi connectivity index (χ2v) is 8.11. The number of aryl methyl sites for hydroxylation is 1. The molecule has 12 heteroatoms. The third-order valence-electron chi connectivity index (χ3n) is 5.58. The number of fused-ring (bicyclic) bond motifs is 2. The minimum absolute atomic E-state index is 0.103. The third-order valence-corrected chi connectivity index (χ3v) is 5.93. The molecule has 0 bridgehead atoms. The number of anilines is 1. The summed E-state index contributed by atoms with van der Waals surface area (Å²) in [6, 6.07) is 8.26. The molecule has 180 valence electrons. The molecule has 0 aliphatic heterocycles. The topological polar surface area (TPSA) is 80.3 Å². The van der Waals surface area contributed by atoms with Gasteiger partial charge in [0.25, 0.3) is 5.91 Å². The van der Waals surface area contributed by atoms with Gasteiger partial charge in [0.15, 0.2) is 11.3 Å². The van der Waals surface area contributed by atoms with Crippen molar-refractivity contribution in [2.75, 3.05) is 25.0 Å². The van der Waals surface area contributed by atoms with E-state index in [2.05, 4.69) is 39.1 Å². The van der Waals surface area contributed by atoms with Crippen molar-refractivity contribution in [3.8, 4) is 0 Å². The molecule has 0 saturated carbocycles. The number of nitrogens with zero attached hydrogens (tertiary/aromatic N) is 6. The lowest BCUT2D eigenvalue weighted by Gasteiger charge is -2.19. The van der Waals surface area contributed by atoms with E-state index in [0.717, 1.165) is 31.2 Å². The van der Waals surface area contributed by atoms with Gasteiger partial charge in [0.2, 0.25) is 5.95 Å². The van der Waals surface area contributed by atoms with E-state index in [1.165, 1.54) is 6.92 Å². The van der Waals surface area contributed by atoms with Crippen LogP contribution < -0.4 is 5.32 Å². The van der Waals surface area contributed by atoms with Crippen molar-refractivity contribution in [2.45, 2.75) is 33.5 Å². The molecule has 0 aliphatic rings. The van der Waals surface area contributed by atoms with Crippen LogP contribution in [0.25, 0.3) is 16.7 Å². The highest BCUT2D eigenvalue weighted by atomic mass is 35.5. The molecular weight excluding hydrogens is 471 g/mol. The van der Waals surface area contributed by atoms with Gasteiger partial charge in [-0.3, -0.25) is 10.1 Å². The minimum Gasteiger partial charge on any atom is -0.309 e. The third kappa shape index (κ3) is 4.45. The molecule has 0 spiro atoms. The van der Waals surface area contributed by atoms with Crippen molar-refractivity contribution in [1.29, 1.82) is 0 Å². The summed E-state index contributed by atoms with van der Waals surface area (Å²) in [6.07, 6.45) is -4.70. The molecule has 0 atom stereocenters. The molecule has 0 fully saturated rings. The summed E-state index contributed by atoms with van der Waals surface area (Å²) in [5, 5.41) is 6.25. The highest BCUT2D eigenvalue weighted by molar-refractivity contribution is 6.37. The van der Waals surface area contributed by atoms with Crippen LogP contribution in [-0.2, 0) is 12.7 Å². The first-order valence-corrected chi connectivity index (χ1v) is 11.1. The Hall–Kier alpha value is -3.18. The number of carbonyl (C=O) groups is 1. The smallest absolute Gasteiger partial charge is 0.309 e. The molecule has 3 aromatic heterocycles. The van der Waals surface area contributed by atoms with Gasteiger partial charge in [0.1, 0.15) is 10.7 Å². The second-order valence-electron chi connectivity index (χ2n) is 7.74. The summed E-state index contributed by atoms with van der Waals surface area (Å²) in [4.78, 5) is 23.9. The summed E-state index contributed by atoms with van der Waals surface area (Å²) in [5.41, 5.74) is -0.0752. The molecule has 0 radical (unpaired) electrons. The maximum absolute atomic E-state index is 13.5. The Morgan fingerprint density at radius 2 is 1.88 bits per heavy atom. The van der Waals surface area contributed by atoms with Crippen LogP contribution >= 0.6 is 11.6 Å². The Labute approximate surface area is 198 Å². The lowest BCUT2D eigenvalue weighted by Crippen LogP contribution is -2.27. The van der Waals surface area contributed by atoms with Crippen LogP contribution in [0, 0.1) is 6.92 Å². The first kappa shape index (κ1) is 24.0. The number of hydrogen-bond donors (Lipinski definition) is 1. The lowest BCUT2D eigenvalue weighted by molar-refractivity contribution is -0.142. The standard InChI is InChI=1S/C22H23ClF3N7O/c1-4-31(5-2)10-11-32-15-9-7-6-8-14(15)28-21(32)29-20(34)18-17(23)19-27-13(3)12-16(22(24,25)26)33(19)30-18/h6-9,12H,4-5,10-11H2,1-3H3,(H,28,29,34). The van der Waals surface area contributed by atoms with Gasteiger partial charge in [-0.1, -0.05) is 37.6 Å². The molecule has 0 aliphatic carbocycles. The highest BCUT2D eigenvalue weighted by Crippen LogP contribution is 2.32. The van der Waals surface area contributed by atoms with Crippen LogP contribution in [0.2, 0.25) is 5.02 Å². The van der Waals surface area contributed by atoms with Crippen LogP contribution in [0.4, 0.5) is 19.1 Å². The van der Waals surface area contributed by atoms with Crippen LogP contribution in [0.15, 0.2) is 30.3 Å². The van der Waals surface area contributed by atoms with E-state index in [0.29, 0.717) is 16.6 Å². The zero-order chi connectivity index (χ0) is 24.6. The number of para-hydroxylation sites is 2. The highest BCUT2D eigenvalue weighted by Gasteiger charge is 2.36. The Morgan fingerprint density at radius 1 is 1.18 bits per heavy atom. The number of rotatable bonds is 7. The van der Waals surface area contributed by atoms with Gasteiger partial charge in [0.05, 0.1) is 11.0 Å². The first-order valence-electron chi connectivity index (χ1n) is 10.8. The van der Waals surface area contributed by atoms with E-state index in [-0.39, 0.29) is 28.0 Å². The average Bonchev–Trinajstić information content (AvgIpc) is 3.30. The summed E-state index contributed by atoms with van der Waals surface area (Å²) in [6.45, 7) is 8.56. The minimum atomic E-state index is -4.70. The number of amides is 1. The predicted molar refractivity (Wildman–Crippen MR) is 123 cm³/mol. The Morgan fingerprint density at radius 3 is 2.56 bits per heavy atom. The Bertz CT molecular complexity index is 1360. The molecule has 4 aromatic rings. The van der Waals surface area contributed by atoms with Gasteiger partial charge in [-0.25, -0.2) is 14.5 Å². The molecule has 1 N–H and O–H groups in total. The normalized spacial score (nSPS) is 12.2. The van der Waals surface area contributed by atoms with Gasteiger partial charge >= 0.3 is 6.18 Å². The molecule has 8 nitrogen and oxygen atoms in total. The van der Waals surface area contributed by atoms with E-state index in [1.54, 1.807) is 0 Å². The molecule has 1 amide bonds. The number of benzene rings is 1. The molecule has 0 unspecified atom stereocenters. The van der Waals surface area contributed by atoms with Crippen molar-refractivity contribution < 1.29 is 18.0 Å². The van der Waals surface area contributed by atoms with Gasteiger partial charge < -0.3 is 9.47 Å². The molecule has 1 aromatic carbocycles. The molecule has 4 rings (SSSR count). The van der Waals surface area contributed by atoms with Crippen molar-refractivity contribution in [1.82, 2.24) is 29.0 Å². The van der Waals surface area contributed by atoms with E-state index < -0.39 is 17.8 Å². The molecular formula is C22H23ClF3N7O. The van der Waals surface area contributed by atoms with Crippen molar-refractivity contribution in [2.24, 2.45) is 0 Å². The first-order chi connectivity index (χ1) is 16.1. The van der Waals surface area contributed by atoms with E-state index in [9.17, 15) is 18.0 Å². The summed E-state index contributed by atoms with van der Waals surface area (Å²) < 4.78 is 43.0. The van der Waals surface area contributed by atoms with E-state index >= 15 is 0 Å². The van der Waals surface area contributed by atoms with Gasteiger partial charge in [0, 0.05) is 18.8 Å². The van der Waals surface area contributed by atoms with Crippen LogP contribution in [0.5, 0.6) is 0 Å². The largest absolute Gasteiger partial charge is 0.433 e. The van der Waals surface area contributed by atoms with Crippen molar-refractivity contribution in [3.05, 3.63) is 52.4 Å². The number of imidazole rings is 1. The number of hydrogen-bond acceptors (Lipinski definition) is 5. The predicted octanol–water partition coefficient (Wildman–Crippen LogP) is 4.65. The quantitative estimate of drug-likeness (QED) is 0.405. The summed E-state index contributed by atoms with van der Waals surface area (Å²) in [5.74, 6) is -0.521. The Balaban J connectivity index is 1.72. The fraction of sp³-hybridized carbons (Fsp3) is 0.364. The van der Waals surface area contributed by atoms with Gasteiger partial charge in [-0.15, -0.1) is 0 Å². The number of carbonyl (C=O) groups excluding carboxylic acids is 1. The summed E-state index contributed by atoms with van der Waals surface area (Å²) >= 11 is 6.26. The van der Waals surface area contributed by atoms with E-state index in [4.69, 9.17) is 11.6 Å². The maximum atomic E-state index is 13.5. The number of halogens is 4. The number of aromatic nitrogens is 5. The SMILES string of the molecule is CCN(CC)CCn1c(NC(=O)c2nn3c(C(F)(F)F)cc(C)nc3c2Cl)nc2ccccc21. The van der Waals surface area contributed by atoms with Crippen LogP contribution in [0.3, 0.4) is 0 Å². The van der Waals surface area contributed by atoms with E-state index in [1.807, 2.05) is 28.8 Å². The fourth-order valence-electron chi connectivity index (χ4n) is 3.80. The van der Waals surface area contributed by atoms with Crippen LogP contribution in [-0.4, -0.2) is 54.6 Å². The monoisotopic (exact) mass is 493 g/mol. The second kappa shape index (κ2) is 9.22.